The van der Waals surface area contributed by atoms with Crippen LogP contribution in [0.4, 0.5) is 11.4 Å². The zero-order chi connectivity index (χ0) is 17.8. The zero-order valence-corrected chi connectivity index (χ0v) is 14.2. The molecule has 2 aromatic carbocycles. The van der Waals surface area contributed by atoms with E-state index in [1.165, 1.54) is 0 Å². The van der Waals surface area contributed by atoms with Crippen molar-refractivity contribution < 1.29 is 9.90 Å². The second kappa shape index (κ2) is 7.37. The predicted octanol–water partition coefficient (Wildman–Crippen LogP) is 2.80. The Bertz CT molecular complexity index is 787. The third-order valence-corrected chi connectivity index (χ3v) is 4.61. The van der Waals surface area contributed by atoms with E-state index in [9.17, 15) is 9.90 Å². The van der Waals surface area contributed by atoms with Gasteiger partial charge in [0.05, 0.1) is 17.7 Å². The molecular weight excluding hydrogens is 314 g/mol. The van der Waals surface area contributed by atoms with E-state index in [0.717, 1.165) is 31.6 Å². The molecule has 5 heteroatoms. The lowest BCUT2D eigenvalue weighted by Gasteiger charge is -2.31. The molecule has 1 saturated heterocycles. The van der Waals surface area contributed by atoms with E-state index in [1.54, 1.807) is 30.1 Å². The molecule has 0 atom stereocenters. The summed E-state index contributed by atoms with van der Waals surface area (Å²) in [6.45, 7) is 1.66. The van der Waals surface area contributed by atoms with E-state index < -0.39 is 0 Å². The fraction of sp³-hybridized carbons (Fsp3) is 0.300. The third kappa shape index (κ3) is 3.81. The van der Waals surface area contributed by atoms with Crippen molar-refractivity contribution in [1.82, 2.24) is 0 Å². The molecule has 0 aromatic heterocycles. The standard InChI is InChI=1S/C20H21N3O2/c1-22(18-4-2-3-15(13-18)14-21)20(25)16-5-7-17(8-6-16)23-11-9-19(24)10-12-23/h2-8,13,19,24H,9-12H2,1H3. The summed E-state index contributed by atoms with van der Waals surface area (Å²) in [6.07, 6.45) is 1.35. The summed E-state index contributed by atoms with van der Waals surface area (Å²) in [5.74, 6) is -0.115. The summed E-state index contributed by atoms with van der Waals surface area (Å²) in [5, 5.41) is 18.6. The molecular formula is C20H21N3O2. The number of aliphatic hydroxyl groups excluding tert-OH is 1. The number of hydrogen-bond acceptors (Lipinski definition) is 4. The number of hydrogen-bond donors (Lipinski definition) is 1. The number of nitriles is 1. The molecule has 0 aliphatic carbocycles. The van der Waals surface area contributed by atoms with E-state index in [4.69, 9.17) is 5.26 Å². The lowest BCUT2D eigenvalue weighted by molar-refractivity contribution is 0.0993. The van der Waals surface area contributed by atoms with E-state index in [1.807, 2.05) is 30.3 Å². The number of nitrogens with zero attached hydrogens (tertiary/aromatic N) is 3. The third-order valence-electron chi connectivity index (χ3n) is 4.61. The van der Waals surface area contributed by atoms with E-state index >= 15 is 0 Å². The largest absolute Gasteiger partial charge is 0.393 e. The van der Waals surface area contributed by atoms with Gasteiger partial charge in [-0.15, -0.1) is 0 Å². The van der Waals surface area contributed by atoms with Gasteiger partial charge in [0.15, 0.2) is 0 Å². The number of amides is 1. The average molecular weight is 335 g/mol. The summed E-state index contributed by atoms with van der Waals surface area (Å²) >= 11 is 0. The molecule has 3 rings (SSSR count). The first-order valence-corrected chi connectivity index (χ1v) is 8.40. The number of carbonyl (C=O) groups excluding carboxylic acids is 1. The molecule has 2 aromatic rings. The Morgan fingerprint density at radius 2 is 1.88 bits per heavy atom. The van der Waals surface area contributed by atoms with Crippen LogP contribution in [-0.2, 0) is 0 Å². The highest BCUT2D eigenvalue weighted by Gasteiger charge is 2.18. The van der Waals surface area contributed by atoms with Crippen molar-refractivity contribution in [2.45, 2.75) is 18.9 Å². The van der Waals surface area contributed by atoms with Gasteiger partial charge in [-0.2, -0.15) is 5.26 Å². The molecule has 1 aliphatic rings. The number of aliphatic hydroxyl groups is 1. The van der Waals surface area contributed by atoms with Gasteiger partial charge in [-0.1, -0.05) is 6.07 Å². The first-order valence-electron chi connectivity index (χ1n) is 8.40. The maximum atomic E-state index is 12.7. The summed E-state index contributed by atoms with van der Waals surface area (Å²) in [4.78, 5) is 16.4. The van der Waals surface area contributed by atoms with Gasteiger partial charge >= 0.3 is 0 Å². The number of carbonyl (C=O) groups is 1. The van der Waals surface area contributed by atoms with Crippen LogP contribution >= 0.6 is 0 Å². The van der Waals surface area contributed by atoms with Gasteiger partial charge < -0.3 is 14.9 Å². The van der Waals surface area contributed by atoms with Crippen molar-refractivity contribution in [2.24, 2.45) is 0 Å². The minimum atomic E-state index is -0.199. The molecule has 1 amide bonds. The average Bonchev–Trinajstić information content (AvgIpc) is 2.67. The number of piperidine rings is 1. The fourth-order valence-corrected chi connectivity index (χ4v) is 3.03. The maximum Gasteiger partial charge on any atom is 0.258 e. The molecule has 1 N–H and O–H groups in total. The SMILES string of the molecule is CN(C(=O)c1ccc(N2CCC(O)CC2)cc1)c1cccc(C#N)c1. The molecule has 0 bridgehead atoms. The Hall–Kier alpha value is -2.84. The monoisotopic (exact) mass is 335 g/mol. The summed E-state index contributed by atoms with van der Waals surface area (Å²) in [7, 11) is 1.71. The second-order valence-electron chi connectivity index (χ2n) is 6.29. The van der Waals surface area contributed by atoms with E-state index in [2.05, 4.69) is 11.0 Å². The lowest BCUT2D eigenvalue weighted by atomic mass is 10.1. The van der Waals surface area contributed by atoms with Crippen molar-refractivity contribution in [2.75, 3.05) is 29.9 Å². The van der Waals surface area contributed by atoms with Gasteiger partial charge in [0.1, 0.15) is 0 Å². The van der Waals surface area contributed by atoms with Crippen LogP contribution in [0.1, 0.15) is 28.8 Å². The van der Waals surface area contributed by atoms with E-state index in [-0.39, 0.29) is 12.0 Å². The van der Waals surface area contributed by atoms with Crippen molar-refractivity contribution in [3.63, 3.8) is 0 Å². The molecule has 1 fully saturated rings. The molecule has 128 valence electrons. The van der Waals surface area contributed by atoms with Gasteiger partial charge in [0.25, 0.3) is 5.91 Å². The normalized spacial score (nSPS) is 14.8. The minimum Gasteiger partial charge on any atom is -0.393 e. The van der Waals surface area contributed by atoms with Gasteiger partial charge in [-0.25, -0.2) is 0 Å². The van der Waals surface area contributed by atoms with Crippen LogP contribution in [-0.4, -0.2) is 37.3 Å². The topological polar surface area (TPSA) is 67.6 Å². The zero-order valence-electron chi connectivity index (χ0n) is 14.2. The summed E-state index contributed by atoms with van der Waals surface area (Å²) < 4.78 is 0. The molecule has 0 unspecified atom stereocenters. The van der Waals surface area contributed by atoms with Gasteiger partial charge in [0.2, 0.25) is 0 Å². The van der Waals surface area contributed by atoms with Crippen molar-refractivity contribution in [1.29, 1.82) is 5.26 Å². The Morgan fingerprint density at radius 1 is 1.20 bits per heavy atom. The Labute approximate surface area is 147 Å². The van der Waals surface area contributed by atoms with Crippen LogP contribution in [0.25, 0.3) is 0 Å². The molecule has 0 saturated carbocycles. The van der Waals surface area contributed by atoms with Crippen LogP contribution in [0.2, 0.25) is 0 Å². The highest BCUT2D eigenvalue weighted by atomic mass is 16.3. The Kier molecular flexibility index (Phi) is 5.01. The maximum absolute atomic E-state index is 12.7. The summed E-state index contributed by atoms with van der Waals surface area (Å²) in [6, 6.07) is 16.6. The molecule has 5 nitrogen and oxygen atoms in total. The molecule has 1 aliphatic heterocycles. The highest BCUT2D eigenvalue weighted by Crippen LogP contribution is 2.22. The van der Waals surface area contributed by atoms with Crippen LogP contribution in [0, 0.1) is 11.3 Å². The molecule has 0 radical (unpaired) electrons. The molecule has 25 heavy (non-hydrogen) atoms. The van der Waals surface area contributed by atoms with Crippen LogP contribution in [0.15, 0.2) is 48.5 Å². The van der Waals surface area contributed by atoms with Crippen molar-refractivity contribution in [3.8, 4) is 6.07 Å². The number of benzene rings is 2. The highest BCUT2D eigenvalue weighted by molar-refractivity contribution is 6.05. The smallest absolute Gasteiger partial charge is 0.258 e. The fourth-order valence-electron chi connectivity index (χ4n) is 3.03. The van der Waals surface area contributed by atoms with E-state index in [0.29, 0.717) is 16.8 Å². The predicted molar refractivity (Wildman–Crippen MR) is 97.8 cm³/mol. The number of anilines is 2. The quantitative estimate of drug-likeness (QED) is 0.936. The first kappa shape index (κ1) is 17.0. The molecule has 0 spiro atoms. The van der Waals surface area contributed by atoms with Crippen LogP contribution in [0.3, 0.4) is 0 Å². The second-order valence-corrected chi connectivity index (χ2v) is 6.29. The van der Waals surface area contributed by atoms with Gasteiger partial charge in [-0.3, -0.25) is 4.79 Å². The first-order chi connectivity index (χ1) is 12.1. The molecule has 1 heterocycles. The number of rotatable bonds is 3. The Morgan fingerprint density at radius 3 is 2.52 bits per heavy atom. The van der Waals surface area contributed by atoms with Gasteiger partial charge in [-0.05, 0) is 55.3 Å². The van der Waals surface area contributed by atoms with Crippen molar-refractivity contribution >= 4 is 17.3 Å². The van der Waals surface area contributed by atoms with Crippen LogP contribution in [0.5, 0.6) is 0 Å². The Balaban J connectivity index is 1.73. The lowest BCUT2D eigenvalue weighted by Crippen LogP contribution is -2.35. The van der Waals surface area contributed by atoms with Crippen molar-refractivity contribution in [3.05, 3.63) is 59.7 Å². The van der Waals surface area contributed by atoms with Crippen LogP contribution < -0.4 is 9.80 Å². The van der Waals surface area contributed by atoms with Gasteiger partial charge in [0, 0.05) is 37.1 Å². The summed E-state index contributed by atoms with van der Waals surface area (Å²) in [5.41, 5.74) is 2.89. The minimum absolute atomic E-state index is 0.115.